The molecule has 5 heteroatoms. The summed E-state index contributed by atoms with van der Waals surface area (Å²) in [6.07, 6.45) is 0. The Morgan fingerprint density at radius 1 is 1.15 bits per heavy atom. The predicted molar refractivity (Wildman–Crippen MR) is 78.0 cm³/mol. The van der Waals surface area contributed by atoms with Gasteiger partial charge in [-0.05, 0) is 36.9 Å². The fourth-order valence-electron chi connectivity index (χ4n) is 1.73. The molecule has 1 N–H and O–H groups in total. The second-order valence-corrected chi connectivity index (χ2v) is 5.10. The van der Waals surface area contributed by atoms with Crippen molar-refractivity contribution >= 4 is 15.9 Å². The van der Waals surface area contributed by atoms with Gasteiger partial charge in [-0.1, -0.05) is 28.9 Å². The van der Waals surface area contributed by atoms with E-state index in [0.717, 1.165) is 22.6 Å². The molecule has 0 atom stereocenters. The Hall–Kier alpha value is -1.46. The zero-order valence-electron chi connectivity index (χ0n) is 10.9. The average molecular weight is 342 g/mol. The van der Waals surface area contributed by atoms with Gasteiger partial charge in [-0.15, -0.1) is 0 Å². The SMILES string of the molecule is CCNCc1cc(Br)ccc1Oc1cccc(F)c1F. The van der Waals surface area contributed by atoms with Crippen molar-refractivity contribution in [1.29, 1.82) is 0 Å². The number of rotatable bonds is 5. The van der Waals surface area contributed by atoms with Gasteiger partial charge >= 0.3 is 0 Å². The van der Waals surface area contributed by atoms with Crippen molar-refractivity contribution in [3.8, 4) is 11.5 Å². The molecule has 0 amide bonds. The van der Waals surface area contributed by atoms with E-state index in [0.29, 0.717) is 12.3 Å². The van der Waals surface area contributed by atoms with E-state index in [2.05, 4.69) is 21.2 Å². The molecule has 20 heavy (non-hydrogen) atoms. The lowest BCUT2D eigenvalue weighted by Gasteiger charge is -2.12. The molecule has 2 nitrogen and oxygen atoms in total. The average Bonchev–Trinajstić information content (AvgIpc) is 2.44. The molecule has 0 unspecified atom stereocenters. The van der Waals surface area contributed by atoms with Crippen LogP contribution in [0.5, 0.6) is 11.5 Å². The van der Waals surface area contributed by atoms with E-state index in [1.807, 2.05) is 13.0 Å². The summed E-state index contributed by atoms with van der Waals surface area (Å²) < 4.78 is 33.2. The molecule has 0 aliphatic heterocycles. The van der Waals surface area contributed by atoms with Gasteiger partial charge in [-0.3, -0.25) is 0 Å². The van der Waals surface area contributed by atoms with Gasteiger partial charge in [0.2, 0.25) is 5.82 Å². The topological polar surface area (TPSA) is 21.3 Å². The van der Waals surface area contributed by atoms with E-state index in [9.17, 15) is 8.78 Å². The molecular weight excluding hydrogens is 328 g/mol. The van der Waals surface area contributed by atoms with Crippen LogP contribution in [0.4, 0.5) is 8.78 Å². The van der Waals surface area contributed by atoms with Crippen LogP contribution in [0.1, 0.15) is 12.5 Å². The molecule has 0 aromatic heterocycles. The fraction of sp³-hybridized carbons (Fsp3) is 0.200. The normalized spacial score (nSPS) is 10.6. The van der Waals surface area contributed by atoms with Crippen LogP contribution in [-0.4, -0.2) is 6.54 Å². The maximum absolute atomic E-state index is 13.6. The molecule has 0 fully saturated rings. The molecule has 0 saturated heterocycles. The van der Waals surface area contributed by atoms with E-state index in [1.54, 1.807) is 12.1 Å². The summed E-state index contributed by atoms with van der Waals surface area (Å²) >= 11 is 3.38. The van der Waals surface area contributed by atoms with Crippen molar-refractivity contribution in [2.24, 2.45) is 0 Å². The monoisotopic (exact) mass is 341 g/mol. The third-order valence-corrected chi connectivity index (χ3v) is 3.22. The zero-order valence-corrected chi connectivity index (χ0v) is 12.5. The number of nitrogens with one attached hydrogen (secondary N) is 1. The standard InChI is InChI=1S/C15H14BrF2NO/c1-2-19-9-10-8-11(16)6-7-13(10)20-14-5-3-4-12(17)15(14)18/h3-8,19H,2,9H2,1H3. The minimum Gasteiger partial charge on any atom is -0.454 e. The minimum absolute atomic E-state index is 0.120. The highest BCUT2D eigenvalue weighted by molar-refractivity contribution is 9.10. The van der Waals surface area contributed by atoms with Crippen LogP contribution in [0.15, 0.2) is 40.9 Å². The van der Waals surface area contributed by atoms with E-state index >= 15 is 0 Å². The Kier molecular flexibility index (Phi) is 5.09. The molecule has 106 valence electrons. The number of hydrogen-bond donors (Lipinski definition) is 1. The van der Waals surface area contributed by atoms with Crippen LogP contribution >= 0.6 is 15.9 Å². The summed E-state index contributed by atoms with van der Waals surface area (Å²) in [4.78, 5) is 0. The van der Waals surface area contributed by atoms with Crippen LogP contribution in [0, 0.1) is 11.6 Å². The summed E-state index contributed by atoms with van der Waals surface area (Å²) in [5.41, 5.74) is 0.866. The number of ether oxygens (including phenoxy) is 1. The lowest BCUT2D eigenvalue weighted by molar-refractivity contribution is 0.412. The molecule has 0 radical (unpaired) electrons. The second kappa shape index (κ2) is 6.81. The first-order chi connectivity index (χ1) is 9.61. The summed E-state index contributed by atoms with van der Waals surface area (Å²) in [5.74, 6) is -1.53. The van der Waals surface area contributed by atoms with E-state index in [4.69, 9.17) is 4.74 Å². The van der Waals surface area contributed by atoms with Crippen LogP contribution in [0.25, 0.3) is 0 Å². The third kappa shape index (κ3) is 3.55. The van der Waals surface area contributed by atoms with E-state index in [-0.39, 0.29) is 5.75 Å². The lowest BCUT2D eigenvalue weighted by atomic mass is 10.2. The van der Waals surface area contributed by atoms with Crippen LogP contribution in [0.2, 0.25) is 0 Å². The molecule has 0 spiro atoms. The summed E-state index contributed by atoms with van der Waals surface area (Å²) in [6.45, 7) is 3.38. The molecule has 0 aliphatic rings. The Labute approximate surface area is 124 Å². The first-order valence-electron chi connectivity index (χ1n) is 6.23. The molecule has 2 rings (SSSR count). The molecule has 0 saturated carbocycles. The van der Waals surface area contributed by atoms with Crippen molar-refractivity contribution in [3.63, 3.8) is 0 Å². The largest absolute Gasteiger partial charge is 0.454 e. The molecular formula is C15H14BrF2NO. The van der Waals surface area contributed by atoms with E-state index < -0.39 is 11.6 Å². The molecule has 2 aromatic carbocycles. The van der Waals surface area contributed by atoms with Gasteiger partial charge in [0.25, 0.3) is 0 Å². The molecule has 2 aromatic rings. The Balaban J connectivity index is 2.30. The maximum Gasteiger partial charge on any atom is 0.201 e. The van der Waals surface area contributed by atoms with Gasteiger partial charge in [0.15, 0.2) is 11.6 Å². The Morgan fingerprint density at radius 3 is 2.70 bits per heavy atom. The third-order valence-electron chi connectivity index (χ3n) is 2.72. The van der Waals surface area contributed by atoms with Gasteiger partial charge in [-0.2, -0.15) is 4.39 Å². The lowest BCUT2D eigenvalue weighted by Crippen LogP contribution is -2.12. The molecule has 0 heterocycles. The molecule has 0 aliphatic carbocycles. The first-order valence-corrected chi connectivity index (χ1v) is 7.02. The summed E-state index contributed by atoms with van der Waals surface area (Å²) in [5, 5.41) is 3.18. The van der Waals surface area contributed by atoms with Crippen molar-refractivity contribution in [1.82, 2.24) is 5.32 Å². The number of hydrogen-bond acceptors (Lipinski definition) is 2. The maximum atomic E-state index is 13.6. The van der Waals surface area contributed by atoms with Crippen molar-refractivity contribution in [2.45, 2.75) is 13.5 Å². The zero-order chi connectivity index (χ0) is 14.5. The summed E-state index contributed by atoms with van der Waals surface area (Å²) in [6, 6.07) is 9.27. The van der Waals surface area contributed by atoms with Crippen molar-refractivity contribution in [2.75, 3.05) is 6.54 Å². The number of halogens is 3. The van der Waals surface area contributed by atoms with Gasteiger partial charge in [0, 0.05) is 16.6 Å². The van der Waals surface area contributed by atoms with Crippen molar-refractivity contribution in [3.05, 3.63) is 58.1 Å². The highest BCUT2D eigenvalue weighted by Crippen LogP contribution is 2.30. The highest BCUT2D eigenvalue weighted by Gasteiger charge is 2.12. The fourth-order valence-corrected chi connectivity index (χ4v) is 2.14. The van der Waals surface area contributed by atoms with Gasteiger partial charge < -0.3 is 10.1 Å². The molecule has 0 bridgehead atoms. The quantitative estimate of drug-likeness (QED) is 0.856. The van der Waals surface area contributed by atoms with Crippen molar-refractivity contribution < 1.29 is 13.5 Å². The van der Waals surface area contributed by atoms with Crippen LogP contribution in [0.3, 0.4) is 0 Å². The predicted octanol–water partition coefficient (Wildman–Crippen LogP) is 4.63. The van der Waals surface area contributed by atoms with Gasteiger partial charge in [0.1, 0.15) is 5.75 Å². The van der Waals surface area contributed by atoms with Crippen LogP contribution in [-0.2, 0) is 6.54 Å². The smallest absolute Gasteiger partial charge is 0.201 e. The second-order valence-electron chi connectivity index (χ2n) is 4.19. The Bertz CT molecular complexity index is 604. The first kappa shape index (κ1) is 14.9. The van der Waals surface area contributed by atoms with E-state index in [1.165, 1.54) is 12.1 Å². The minimum atomic E-state index is -0.982. The summed E-state index contributed by atoms with van der Waals surface area (Å²) in [7, 11) is 0. The number of benzene rings is 2. The van der Waals surface area contributed by atoms with Crippen LogP contribution < -0.4 is 10.1 Å². The highest BCUT2D eigenvalue weighted by atomic mass is 79.9. The Morgan fingerprint density at radius 2 is 1.95 bits per heavy atom. The van der Waals surface area contributed by atoms with Gasteiger partial charge in [0.05, 0.1) is 0 Å². The van der Waals surface area contributed by atoms with Gasteiger partial charge in [-0.25, -0.2) is 4.39 Å².